The molecule has 0 saturated carbocycles. The molecule has 0 heterocycles. The number of hydrogen-bond donors (Lipinski definition) is 2. The van der Waals surface area contributed by atoms with Crippen molar-refractivity contribution in [3.8, 4) is 0 Å². The largest absolute Gasteiger partial charge is 0.468 e. The second-order valence-electron chi connectivity index (χ2n) is 5.49. The lowest BCUT2D eigenvalue weighted by Gasteiger charge is -2.13. The quantitative estimate of drug-likeness (QED) is 0.598. The Labute approximate surface area is 156 Å². The first-order chi connectivity index (χ1) is 12.4. The van der Waals surface area contributed by atoms with Crippen molar-refractivity contribution in [1.29, 1.82) is 0 Å². The summed E-state index contributed by atoms with van der Waals surface area (Å²) in [6, 6.07) is 13.9. The van der Waals surface area contributed by atoms with E-state index in [0.29, 0.717) is 21.8 Å². The Morgan fingerprint density at radius 1 is 0.962 bits per heavy atom. The Kier molecular flexibility index (Phi) is 6.80. The third kappa shape index (κ3) is 5.35. The molecule has 1 atom stereocenters. The predicted molar refractivity (Wildman–Crippen MR) is 102 cm³/mol. The Morgan fingerprint density at radius 3 is 2.12 bits per heavy atom. The average Bonchev–Trinajstić information content (AvgIpc) is 2.62. The minimum absolute atomic E-state index is 0.160. The molecule has 0 aromatic heterocycles. The average molecular weight is 372 g/mol. The van der Waals surface area contributed by atoms with Crippen molar-refractivity contribution in [2.45, 2.75) is 24.0 Å². The van der Waals surface area contributed by atoms with Crippen LogP contribution in [-0.2, 0) is 14.3 Å². The molecular weight excluding hydrogens is 352 g/mol. The van der Waals surface area contributed by atoms with E-state index < -0.39 is 5.25 Å². The molecule has 0 spiro atoms. The van der Waals surface area contributed by atoms with Gasteiger partial charge in [0.15, 0.2) is 0 Å². The van der Waals surface area contributed by atoms with Gasteiger partial charge < -0.3 is 15.4 Å². The van der Waals surface area contributed by atoms with Crippen LogP contribution >= 0.6 is 11.8 Å². The van der Waals surface area contributed by atoms with Crippen LogP contribution in [0.5, 0.6) is 0 Å². The van der Waals surface area contributed by atoms with Gasteiger partial charge in [0.05, 0.1) is 12.7 Å². The first-order valence-electron chi connectivity index (χ1n) is 7.93. The van der Waals surface area contributed by atoms with Gasteiger partial charge in [-0.1, -0.05) is 12.1 Å². The number of thioether (sulfide) groups is 1. The molecule has 6 nitrogen and oxygen atoms in total. The summed E-state index contributed by atoms with van der Waals surface area (Å²) >= 11 is 1.27. The smallest absolute Gasteiger partial charge is 0.318 e. The molecule has 136 valence electrons. The van der Waals surface area contributed by atoms with Crippen molar-refractivity contribution in [2.24, 2.45) is 0 Å². The van der Waals surface area contributed by atoms with Gasteiger partial charge in [-0.25, -0.2) is 0 Å². The third-order valence-corrected chi connectivity index (χ3v) is 4.59. The first kappa shape index (κ1) is 19.5. The number of methoxy groups -OCH3 is 1. The normalized spacial score (nSPS) is 11.3. The number of rotatable bonds is 6. The van der Waals surface area contributed by atoms with E-state index in [-0.39, 0.29) is 17.8 Å². The number of ether oxygens (including phenoxy) is 1. The maximum absolute atomic E-state index is 12.6. The van der Waals surface area contributed by atoms with Gasteiger partial charge in [-0.2, -0.15) is 0 Å². The van der Waals surface area contributed by atoms with Gasteiger partial charge in [-0.3, -0.25) is 14.4 Å². The molecule has 0 saturated heterocycles. The Balaban J connectivity index is 2.12. The summed E-state index contributed by atoms with van der Waals surface area (Å²) in [6.07, 6.45) is 0. The Morgan fingerprint density at radius 2 is 1.54 bits per heavy atom. The van der Waals surface area contributed by atoms with Gasteiger partial charge in [-0.15, -0.1) is 11.8 Å². The van der Waals surface area contributed by atoms with Gasteiger partial charge in [0, 0.05) is 23.2 Å². The van der Waals surface area contributed by atoms with E-state index in [9.17, 15) is 14.4 Å². The highest BCUT2D eigenvalue weighted by Gasteiger charge is 2.19. The highest BCUT2D eigenvalue weighted by atomic mass is 32.2. The predicted octanol–water partition coefficient (Wildman–Crippen LogP) is 3.55. The number of amides is 2. The lowest BCUT2D eigenvalue weighted by molar-refractivity contribution is -0.139. The van der Waals surface area contributed by atoms with Crippen LogP contribution in [0.15, 0.2) is 53.4 Å². The van der Waals surface area contributed by atoms with Gasteiger partial charge >= 0.3 is 5.97 Å². The van der Waals surface area contributed by atoms with Crippen LogP contribution in [0.2, 0.25) is 0 Å². The minimum atomic E-state index is -0.425. The molecule has 0 aliphatic rings. The Bertz CT molecular complexity index is 805. The molecular formula is C19H20N2O4S. The zero-order valence-corrected chi connectivity index (χ0v) is 15.6. The van der Waals surface area contributed by atoms with E-state index in [4.69, 9.17) is 4.74 Å². The van der Waals surface area contributed by atoms with Crippen LogP contribution in [0.25, 0.3) is 0 Å². The monoisotopic (exact) mass is 372 g/mol. The molecule has 0 fully saturated rings. The highest BCUT2D eigenvalue weighted by Crippen LogP contribution is 2.28. The number of esters is 1. The number of benzene rings is 2. The molecule has 2 aromatic rings. The maximum atomic E-state index is 12.6. The number of carbonyl (C=O) groups is 3. The second-order valence-corrected chi connectivity index (χ2v) is 6.87. The van der Waals surface area contributed by atoms with E-state index in [2.05, 4.69) is 10.6 Å². The molecule has 0 aliphatic carbocycles. The van der Waals surface area contributed by atoms with Crippen molar-refractivity contribution in [1.82, 2.24) is 0 Å². The molecule has 2 amide bonds. The van der Waals surface area contributed by atoms with Gasteiger partial charge in [0.1, 0.15) is 5.25 Å². The summed E-state index contributed by atoms with van der Waals surface area (Å²) < 4.78 is 4.73. The van der Waals surface area contributed by atoms with E-state index in [1.807, 2.05) is 6.07 Å². The minimum Gasteiger partial charge on any atom is -0.468 e. The summed E-state index contributed by atoms with van der Waals surface area (Å²) in [5.41, 5.74) is 1.72. The van der Waals surface area contributed by atoms with Crippen LogP contribution in [-0.4, -0.2) is 30.1 Å². The molecule has 26 heavy (non-hydrogen) atoms. The summed E-state index contributed by atoms with van der Waals surface area (Å²) in [4.78, 5) is 36.0. The maximum Gasteiger partial charge on any atom is 0.318 e. The topological polar surface area (TPSA) is 84.5 Å². The van der Waals surface area contributed by atoms with Crippen LogP contribution in [0.3, 0.4) is 0 Å². The number of carbonyl (C=O) groups excluding carboxylic acids is 3. The molecule has 7 heteroatoms. The fourth-order valence-electron chi connectivity index (χ4n) is 2.20. The zero-order chi connectivity index (χ0) is 19.1. The lowest BCUT2D eigenvalue weighted by atomic mass is 10.2. The molecule has 0 radical (unpaired) electrons. The van der Waals surface area contributed by atoms with Crippen LogP contribution in [0, 0.1) is 0 Å². The Hall–Kier alpha value is -2.80. The first-order valence-corrected chi connectivity index (χ1v) is 8.81. The fraction of sp³-hybridized carbons (Fsp3) is 0.211. The summed E-state index contributed by atoms with van der Waals surface area (Å²) in [6.45, 7) is 3.16. The summed E-state index contributed by atoms with van der Waals surface area (Å²) in [5.74, 6) is -0.788. The van der Waals surface area contributed by atoms with E-state index in [0.717, 1.165) is 0 Å². The van der Waals surface area contributed by atoms with Crippen molar-refractivity contribution in [2.75, 3.05) is 17.7 Å². The molecule has 0 aliphatic heterocycles. The number of anilines is 2. The lowest BCUT2D eigenvalue weighted by Crippen LogP contribution is -2.17. The van der Waals surface area contributed by atoms with Crippen LogP contribution in [0.4, 0.5) is 11.4 Å². The number of hydrogen-bond acceptors (Lipinski definition) is 5. The van der Waals surface area contributed by atoms with E-state index in [1.165, 1.54) is 25.8 Å². The number of nitrogens with one attached hydrogen (secondary N) is 2. The summed E-state index contributed by atoms with van der Waals surface area (Å²) in [7, 11) is 1.34. The van der Waals surface area contributed by atoms with Gasteiger partial charge in [0.25, 0.3) is 5.91 Å². The SMILES string of the molecule is COC(=O)[C@H](C)Sc1ccccc1C(=O)Nc1ccc(NC(C)=O)cc1. The van der Waals surface area contributed by atoms with Crippen molar-refractivity contribution in [3.63, 3.8) is 0 Å². The van der Waals surface area contributed by atoms with E-state index in [1.54, 1.807) is 49.4 Å². The fourth-order valence-corrected chi connectivity index (χ4v) is 3.22. The van der Waals surface area contributed by atoms with Crippen LogP contribution in [0.1, 0.15) is 24.2 Å². The second kappa shape index (κ2) is 9.05. The highest BCUT2D eigenvalue weighted by molar-refractivity contribution is 8.00. The molecule has 2 N–H and O–H groups in total. The molecule has 2 aromatic carbocycles. The van der Waals surface area contributed by atoms with Crippen molar-refractivity contribution in [3.05, 3.63) is 54.1 Å². The molecule has 0 unspecified atom stereocenters. The van der Waals surface area contributed by atoms with Gasteiger partial charge in [0.2, 0.25) is 5.91 Å². The zero-order valence-electron chi connectivity index (χ0n) is 14.7. The molecule has 0 bridgehead atoms. The van der Waals surface area contributed by atoms with E-state index >= 15 is 0 Å². The molecule has 2 rings (SSSR count). The van der Waals surface area contributed by atoms with Crippen molar-refractivity contribution < 1.29 is 19.1 Å². The van der Waals surface area contributed by atoms with Crippen molar-refractivity contribution >= 4 is 40.9 Å². The summed E-state index contributed by atoms with van der Waals surface area (Å²) in [5, 5.41) is 5.05. The van der Waals surface area contributed by atoms with Crippen LogP contribution < -0.4 is 10.6 Å². The third-order valence-electron chi connectivity index (χ3n) is 3.43. The standard InChI is InChI=1S/C19H20N2O4S/c1-12(19(24)25-3)26-17-7-5-4-6-16(17)18(23)21-15-10-8-14(9-11-15)20-13(2)22/h4-12H,1-3H3,(H,20,22)(H,21,23)/t12-/m0/s1. The van der Waals surface area contributed by atoms with Gasteiger partial charge in [-0.05, 0) is 43.3 Å².